The fraction of sp³-hybridized carbons (Fsp3) is 0.636. The fourth-order valence-electron chi connectivity index (χ4n) is 0.936. The van der Waals surface area contributed by atoms with Crippen molar-refractivity contribution in [2.75, 3.05) is 6.61 Å². The number of hydrogen-bond acceptors (Lipinski definition) is 1. The second kappa shape index (κ2) is 5.15. The van der Waals surface area contributed by atoms with Gasteiger partial charge in [-0.2, -0.15) is 0 Å². The zero-order valence-corrected chi connectivity index (χ0v) is 8.43. The quantitative estimate of drug-likeness (QED) is 0.626. The largest absolute Gasteiger partial charge is 0.395 e. The van der Waals surface area contributed by atoms with Crippen LogP contribution in [0.5, 0.6) is 0 Å². The number of aliphatic hydroxyl groups excluding tert-OH is 1. The first kappa shape index (κ1) is 11.4. The van der Waals surface area contributed by atoms with Crippen LogP contribution in [0.4, 0.5) is 0 Å². The molecule has 0 radical (unpaired) electrons. The van der Waals surface area contributed by atoms with Crippen LogP contribution in [0, 0.1) is 5.41 Å². The summed E-state index contributed by atoms with van der Waals surface area (Å²) in [6.07, 6.45) is 6.02. The molecule has 0 aromatic heterocycles. The molecule has 0 aromatic carbocycles. The van der Waals surface area contributed by atoms with E-state index in [4.69, 9.17) is 5.11 Å². The lowest BCUT2D eigenvalue weighted by molar-refractivity contribution is 0.176. The molecule has 1 N–H and O–H groups in total. The van der Waals surface area contributed by atoms with Crippen molar-refractivity contribution in [3.63, 3.8) is 0 Å². The van der Waals surface area contributed by atoms with E-state index in [1.807, 2.05) is 13.0 Å². The third-order valence-electron chi connectivity index (χ3n) is 2.12. The van der Waals surface area contributed by atoms with Crippen LogP contribution in [-0.4, -0.2) is 11.7 Å². The minimum atomic E-state index is -0.105. The van der Waals surface area contributed by atoms with Crippen molar-refractivity contribution in [3.8, 4) is 0 Å². The van der Waals surface area contributed by atoms with Crippen molar-refractivity contribution in [2.45, 2.75) is 33.6 Å². The van der Waals surface area contributed by atoms with Gasteiger partial charge in [-0.1, -0.05) is 24.6 Å². The Morgan fingerprint density at radius 2 is 2.08 bits per heavy atom. The summed E-state index contributed by atoms with van der Waals surface area (Å²) in [4.78, 5) is 0. The average molecular weight is 168 g/mol. The molecule has 0 amide bonds. The summed E-state index contributed by atoms with van der Waals surface area (Å²) in [5.41, 5.74) is 1.23. The highest BCUT2D eigenvalue weighted by molar-refractivity contribution is 4.97. The molecule has 0 heterocycles. The second-order valence-electron chi connectivity index (χ2n) is 3.84. The molecule has 1 nitrogen and oxygen atoms in total. The lowest BCUT2D eigenvalue weighted by atomic mass is 9.86. The van der Waals surface area contributed by atoms with Gasteiger partial charge in [-0.25, -0.2) is 0 Å². The van der Waals surface area contributed by atoms with E-state index >= 15 is 0 Å². The molecule has 12 heavy (non-hydrogen) atoms. The van der Waals surface area contributed by atoms with Gasteiger partial charge in [0, 0.05) is 5.41 Å². The van der Waals surface area contributed by atoms with Crippen LogP contribution in [0.25, 0.3) is 0 Å². The Balaban J connectivity index is 3.89. The van der Waals surface area contributed by atoms with E-state index in [9.17, 15) is 0 Å². The van der Waals surface area contributed by atoms with Crippen molar-refractivity contribution >= 4 is 0 Å². The van der Waals surface area contributed by atoms with E-state index in [1.54, 1.807) is 0 Å². The molecule has 0 saturated carbocycles. The standard InChI is InChI=1S/C11H20O/c1-5-11(4,9-12)8-6-7-10(2)3/h5,7,12H,1,6,8-9H2,2-4H3. The van der Waals surface area contributed by atoms with E-state index in [1.165, 1.54) is 5.57 Å². The van der Waals surface area contributed by atoms with Crippen molar-refractivity contribution in [2.24, 2.45) is 5.41 Å². The third-order valence-corrected chi connectivity index (χ3v) is 2.12. The fourth-order valence-corrected chi connectivity index (χ4v) is 0.936. The van der Waals surface area contributed by atoms with Crippen molar-refractivity contribution in [1.82, 2.24) is 0 Å². The minimum Gasteiger partial charge on any atom is -0.395 e. The van der Waals surface area contributed by atoms with Crippen molar-refractivity contribution < 1.29 is 5.11 Å². The molecule has 1 atom stereocenters. The van der Waals surface area contributed by atoms with Gasteiger partial charge in [0.1, 0.15) is 0 Å². The highest BCUT2D eigenvalue weighted by atomic mass is 16.3. The summed E-state index contributed by atoms with van der Waals surface area (Å²) in [5, 5.41) is 9.06. The van der Waals surface area contributed by atoms with Gasteiger partial charge < -0.3 is 5.11 Å². The number of hydrogen-bond donors (Lipinski definition) is 1. The Kier molecular flexibility index (Phi) is 4.91. The van der Waals surface area contributed by atoms with E-state index in [0.717, 1.165) is 12.8 Å². The SMILES string of the molecule is C=CC(C)(CO)CCC=C(C)C. The van der Waals surface area contributed by atoms with Crippen molar-refractivity contribution in [1.29, 1.82) is 0 Å². The molecule has 0 aromatic rings. The smallest absolute Gasteiger partial charge is 0.0519 e. The average Bonchev–Trinajstić information content (AvgIpc) is 2.03. The molecule has 70 valence electrons. The van der Waals surface area contributed by atoms with Gasteiger partial charge in [0.2, 0.25) is 0 Å². The molecule has 0 aliphatic rings. The molecule has 0 aliphatic heterocycles. The van der Waals surface area contributed by atoms with E-state index in [2.05, 4.69) is 26.5 Å². The first-order valence-corrected chi connectivity index (χ1v) is 4.42. The lowest BCUT2D eigenvalue weighted by Crippen LogP contribution is -2.17. The summed E-state index contributed by atoms with van der Waals surface area (Å²) < 4.78 is 0. The Hall–Kier alpha value is -0.560. The monoisotopic (exact) mass is 168 g/mol. The summed E-state index contributed by atoms with van der Waals surface area (Å²) in [7, 11) is 0. The number of rotatable bonds is 5. The molecular formula is C11H20O. The second-order valence-corrected chi connectivity index (χ2v) is 3.84. The predicted molar refractivity (Wildman–Crippen MR) is 54.1 cm³/mol. The van der Waals surface area contributed by atoms with E-state index < -0.39 is 0 Å². The van der Waals surface area contributed by atoms with E-state index in [-0.39, 0.29) is 12.0 Å². The van der Waals surface area contributed by atoms with Gasteiger partial charge in [0.25, 0.3) is 0 Å². The van der Waals surface area contributed by atoms with Crippen molar-refractivity contribution in [3.05, 3.63) is 24.3 Å². The minimum absolute atomic E-state index is 0.105. The Labute approximate surface area is 75.8 Å². The van der Waals surface area contributed by atoms with Gasteiger partial charge in [-0.15, -0.1) is 6.58 Å². The van der Waals surface area contributed by atoms with E-state index in [0.29, 0.717) is 0 Å². The summed E-state index contributed by atoms with van der Waals surface area (Å²) >= 11 is 0. The maximum Gasteiger partial charge on any atom is 0.0519 e. The van der Waals surface area contributed by atoms with Gasteiger partial charge in [0.05, 0.1) is 6.61 Å². The van der Waals surface area contributed by atoms with Gasteiger partial charge >= 0.3 is 0 Å². The molecule has 0 spiro atoms. The normalized spacial score (nSPS) is 15.0. The Morgan fingerprint density at radius 3 is 2.42 bits per heavy atom. The van der Waals surface area contributed by atoms with Gasteiger partial charge in [-0.3, -0.25) is 0 Å². The molecule has 1 unspecified atom stereocenters. The molecule has 0 bridgehead atoms. The molecule has 0 saturated heterocycles. The first-order valence-electron chi connectivity index (χ1n) is 4.42. The maximum absolute atomic E-state index is 9.06. The molecular weight excluding hydrogens is 148 g/mol. The third kappa shape index (κ3) is 4.35. The Bertz CT molecular complexity index is 166. The topological polar surface area (TPSA) is 20.2 Å². The van der Waals surface area contributed by atoms with Crippen LogP contribution < -0.4 is 0 Å². The van der Waals surface area contributed by atoms with Gasteiger partial charge in [-0.05, 0) is 26.7 Å². The maximum atomic E-state index is 9.06. The highest BCUT2D eigenvalue weighted by Crippen LogP contribution is 2.23. The van der Waals surface area contributed by atoms with Crippen LogP contribution in [0.1, 0.15) is 33.6 Å². The lowest BCUT2D eigenvalue weighted by Gasteiger charge is -2.21. The molecule has 0 rings (SSSR count). The first-order chi connectivity index (χ1) is 5.54. The number of allylic oxidation sites excluding steroid dienone is 2. The van der Waals surface area contributed by atoms with Crippen LogP contribution >= 0.6 is 0 Å². The number of aliphatic hydroxyl groups is 1. The van der Waals surface area contributed by atoms with Crippen LogP contribution in [0.3, 0.4) is 0 Å². The van der Waals surface area contributed by atoms with Crippen LogP contribution in [0.15, 0.2) is 24.3 Å². The summed E-state index contributed by atoms with van der Waals surface area (Å²) in [6, 6.07) is 0. The molecule has 1 heteroatoms. The predicted octanol–water partition coefficient (Wildman–Crippen LogP) is 2.92. The highest BCUT2D eigenvalue weighted by Gasteiger charge is 2.17. The molecule has 0 aliphatic carbocycles. The van der Waals surface area contributed by atoms with Gasteiger partial charge in [0.15, 0.2) is 0 Å². The van der Waals surface area contributed by atoms with Crippen LogP contribution in [-0.2, 0) is 0 Å². The van der Waals surface area contributed by atoms with Crippen LogP contribution in [0.2, 0.25) is 0 Å². The Morgan fingerprint density at radius 1 is 1.50 bits per heavy atom. The summed E-state index contributed by atoms with van der Waals surface area (Å²) in [6.45, 7) is 10.1. The zero-order chi connectivity index (χ0) is 9.61. The summed E-state index contributed by atoms with van der Waals surface area (Å²) in [5.74, 6) is 0. The zero-order valence-electron chi connectivity index (χ0n) is 8.43. The molecule has 0 fully saturated rings.